The Morgan fingerprint density at radius 3 is 2.82 bits per heavy atom. The van der Waals surface area contributed by atoms with Gasteiger partial charge in [-0.25, -0.2) is 9.97 Å². The smallest absolute Gasteiger partial charge is 0.252 e. The summed E-state index contributed by atoms with van der Waals surface area (Å²) in [5, 5.41) is 9.05. The maximum atomic E-state index is 11.8. The molecule has 1 amide bonds. The number of carbonyl (C=O) groups excluding carboxylic acids is 1. The molecule has 0 radical (unpaired) electrons. The molecule has 0 saturated heterocycles. The number of amides is 1. The van der Waals surface area contributed by atoms with Gasteiger partial charge < -0.3 is 15.8 Å². The minimum absolute atomic E-state index is 0.256. The van der Waals surface area contributed by atoms with Crippen LogP contribution in [0.5, 0.6) is 5.75 Å². The molecule has 33 heavy (non-hydrogen) atoms. The molecule has 3 aromatic heterocycles. The van der Waals surface area contributed by atoms with Crippen molar-refractivity contribution in [2.24, 2.45) is 11.7 Å². The third-order valence-electron chi connectivity index (χ3n) is 6.09. The van der Waals surface area contributed by atoms with Crippen LogP contribution < -0.4 is 15.8 Å². The number of benzene rings is 1. The first kappa shape index (κ1) is 20.9. The van der Waals surface area contributed by atoms with E-state index < -0.39 is 5.91 Å². The molecule has 0 spiro atoms. The van der Waals surface area contributed by atoms with Crippen LogP contribution in [-0.2, 0) is 6.54 Å². The van der Waals surface area contributed by atoms with Crippen molar-refractivity contribution in [2.75, 3.05) is 12.4 Å². The summed E-state index contributed by atoms with van der Waals surface area (Å²) in [5.41, 5.74) is 8.01. The third-order valence-corrected chi connectivity index (χ3v) is 6.09. The van der Waals surface area contributed by atoms with E-state index in [-0.39, 0.29) is 5.56 Å². The van der Waals surface area contributed by atoms with Crippen molar-refractivity contribution in [3.8, 4) is 17.3 Å². The van der Waals surface area contributed by atoms with Crippen molar-refractivity contribution in [1.82, 2.24) is 24.7 Å². The van der Waals surface area contributed by atoms with Gasteiger partial charge in [-0.15, -0.1) is 0 Å². The first-order valence-corrected chi connectivity index (χ1v) is 11.0. The Hall–Kier alpha value is -4.01. The average molecular weight is 444 g/mol. The number of aromatic nitrogens is 5. The molecule has 9 heteroatoms. The molecule has 0 unspecified atom stereocenters. The van der Waals surface area contributed by atoms with Gasteiger partial charge >= 0.3 is 0 Å². The molecule has 3 N–H and O–H groups in total. The van der Waals surface area contributed by atoms with Crippen molar-refractivity contribution < 1.29 is 9.53 Å². The Kier molecular flexibility index (Phi) is 5.60. The van der Waals surface area contributed by atoms with Crippen molar-refractivity contribution in [1.29, 1.82) is 0 Å². The predicted molar refractivity (Wildman–Crippen MR) is 125 cm³/mol. The van der Waals surface area contributed by atoms with Gasteiger partial charge in [0.25, 0.3) is 5.91 Å². The fourth-order valence-electron chi connectivity index (χ4n) is 4.42. The van der Waals surface area contributed by atoms with Crippen molar-refractivity contribution in [3.05, 3.63) is 54.5 Å². The van der Waals surface area contributed by atoms with Crippen LogP contribution in [0.3, 0.4) is 0 Å². The van der Waals surface area contributed by atoms with Crippen LogP contribution >= 0.6 is 0 Å². The van der Waals surface area contributed by atoms with E-state index in [1.165, 1.54) is 39.0 Å². The number of carbonyl (C=O) groups is 1. The van der Waals surface area contributed by atoms with Gasteiger partial charge in [-0.05, 0) is 30.9 Å². The lowest BCUT2D eigenvalue weighted by Gasteiger charge is -2.12. The van der Waals surface area contributed by atoms with Crippen LogP contribution in [0.15, 0.2) is 48.9 Å². The van der Waals surface area contributed by atoms with Gasteiger partial charge in [0.1, 0.15) is 5.69 Å². The highest BCUT2D eigenvalue weighted by Crippen LogP contribution is 2.33. The molecule has 0 atom stereocenters. The van der Waals surface area contributed by atoms with Crippen LogP contribution in [0.2, 0.25) is 0 Å². The highest BCUT2D eigenvalue weighted by atomic mass is 16.5. The summed E-state index contributed by atoms with van der Waals surface area (Å²) in [7, 11) is 1.54. The summed E-state index contributed by atoms with van der Waals surface area (Å²) in [6, 6.07) is 9.80. The number of nitrogens with one attached hydrogen (secondary N) is 1. The standard InChI is InChI=1S/C24H25N7O2/c1-33-20-13-27-24(29-23(20)28-18-10-11-26-12-17(18)22(25)32)21-16-8-4-5-9-19(16)31(30-21)14-15-6-2-3-7-15/h4-5,8-13,15H,2-3,6-7,14H2,1H3,(H2,25,32)(H,26,27,28,29). The average Bonchev–Trinajstić information content (AvgIpc) is 3.48. The Labute approximate surface area is 191 Å². The molecule has 3 heterocycles. The number of nitrogens with zero attached hydrogens (tertiary/aromatic N) is 5. The number of primary amides is 1. The Morgan fingerprint density at radius 2 is 2.03 bits per heavy atom. The summed E-state index contributed by atoms with van der Waals surface area (Å²) >= 11 is 0. The third kappa shape index (κ3) is 4.09. The van der Waals surface area contributed by atoms with E-state index in [4.69, 9.17) is 20.6 Å². The van der Waals surface area contributed by atoms with Crippen molar-refractivity contribution in [3.63, 3.8) is 0 Å². The fourth-order valence-corrected chi connectivity index (χ4v) is 4.42. The lowest BCUT2D eigenvalue weighted by atomic mass is 10.1. The molecule has 0 aliphatic heterocycles. The summed E-state index contributed by atoms with van der Waals surface area (Å²) in [6.07, 6.45) is 9.64. The summed E-state index contributed by atoms with van der Waals surface area (Å²) in [4.78, 5) is 25.0. The number of pyridine rings is 1. The van der Waals surface area contributed by atoms with Crippen LogP contribution in [0.25, 0.3) is 22.4 Å². The first-order chi connectivity index (χ1) is 16.1. The van der Waals surface area contributed by atoms with E-state index in [1.54, 1.807) is 18.5 Å². The largest absolute Gasteiger partial charge is 0.491 e. The van der Waals surface area contributed by atoms with Gasteiger partial charge in [0, 0.05) is 24.3 Å². The van der Waals surface area contributed by atoms with E-state index in [0.717, 1.165) is 17.4 Å². The lowest BCUT2D eigenvalue weighted by Crippen LogP contribution is -2.14. The molecule has 9 nitrogen and oxygen atoms in total. The maximum absolute atomic E-state index is 11.8. The number of hydrogen-bond donors (Lipinski definition) is 2. The van der Waals surface area contributed by atoms with E-state index in [1.807, 2.05) is 18.2 Å². The highest BCUT2D eigenvalue weighted by Gasteiger charge is 2.21. The highest BCUT2D eigenvalue weighted by molar-refractivity contribution is 5.99. The minimum Gasteiger partial charge on any atom is -0.491 e. The van der Waals surface area contributed by atoms with Gasteiger partial charge in [0.2, 0.25) is 0 Å². The van der Waals surface area contributed by atoms with E-state index in [9.17, 15) is 4.79 Å². The number of ether oxygens (including phenoxy) is 1. The van der Waals surface area contributed by atoms with Crippen LogP contribution in [0.1, 0.15) is 36.0 Å². The lowest BCUT2D eigenvalue weighted by molar-refractivity contribution is 0.100. The zero-order chi connectivity index (χ0) is 22.8. The van der Waals surface area contributed by atoms with Gasteiger partial charge in [0.15, 0.2) is 17.4 Å². The number of nitrogens with two attached hydrogens (primary N) is 1. The molecule has 1 aliphatic rings. The molecular weight excluding hydrogens is 418 g/mol. The normalized spacial score (nSPS) is 14.0. The second kappa shape index (κ2) is 8.85. The van der Waals surface area contributed by atoms with Gasteiger partial charge in [-0.2, -0.15) is 5.10 Å². The predicted octanol–water partition coefficient (Wildman–Crippen LogP) is 3.93. The monoisotopic (exact) mass is 443 g/mol. The van der Waals surface area contributed by atoms with Crippen molar-refractivity contribution >= 4 is 28.3 Å². The summed E-state index contributed by atoms with van der Waals surface area (Å²) in [6.45, 7) is 0.890. The molecule has 0 bridgehead atoms. The quantitative estimate of drug-likeness (QED) is 0.444. The summed E-state index contributed by atoms with van der Waals surface area (Å²) < 4.78 is 7.52. The van der Waals surface area contributed by atoms with Gasteiger partial charge in [0.05, 0.1) is 30.1 Å². The maximum Gasteiger partial charge on any atom is 0.252 e. The Balaban J connectivity index is 1.56. The van der Waals surface area contributed by atoms with Crippen LogP contribution in [0.4, 0.5) is 11.5 Å². The van der Waals surface area contributed by atoms with E-state index in [0.29, 0.717) is 34.7 Å². The molecule has 1 aliphatic carbocycles. The number of hydrogen-bond acceptors (Lipinski definition) is 7. The molecule has 1 fully saturated rings. The SMILES string of the molecule is COc1cnc(-c2nn(CC3CCCC3)c3ccccc23)nc1Nc1ccncc1C(N)=O. The second-order valence-corrected chi connectivity index (χ2v) is 8.22. The van der Waals surface area contributed by atoms with Gasteiger partial charge in [-0.3, -0.25) is 14.5 Å². The number of anilines is 2. The number of methoxy groups -OCH3 is 1. The van der Waals surface area contributed by atoms with Crippen LogP contribution in [0, 0.1) is 5.92 Å². The molecule has 1 aromatic carbocycles. The van der Waals surface area contributed by atoms with Gasteiger partial charge in [-0.1, -0.05) is 31.0 Å². The molecule has 168 valence electrons. The van der Waals surface area contributed by atoms with Crippen molar-refractivity contribution in [2.45, 2.75) is 32.2 Å². The zero-order valence-corrected chi connectivity index (χ0v) is 18.4. The minimum atomic E-state index is -0.588. The van der Waals surface area contributed by atoms with E-state index >= 15 is 0 Å². The molecular formula is C24H25N7O2. The topological polar surface area (TPSA) is 121 Å². The molecule has 1 saturated carbocycles. The summed E-state index contributed by atoms with van der Waals surface area (Å²) in [5.74, 6) is 1.37. The zero-order valence-electron chi connectivity index (χ0n) is 18.4. The molecule has 4 aromatic rings. The number of para-hydroxylation sites is 1. The Morgan fingerprint density at radius 1 is 1.21 bits per heavy atom. The molecule has 5 rings (SSSR count). The first-order valence-electron chi connectivity index (χ1n) is 11.0. The number of rotatable bonds is 7. The Bertz CT molecular complexity index is 1310. The van der Waals surface area contributed by atoms with Crippen LogP contribution in [-0.4, -0.2) is 37.7 Å². The van der Waals surface area contributed by atoms with E-state index in [2.05, 4.69) is 26.0 Å². The fraction of sp³-hybridized carbons (Fsp3) is 0.292. The number of fused-ring (bicyclic) bond motifs is 1. The second-order valence-electron chi connectivity index (χ2n) is 8.22.